The van der Waals surface area contributed by atoms with Gasteiger partial charge >= 0.3 is 0 Å². The van der Waals surface area contributed by atoms with Crippen LogP contribution >= 0.6 is 0 Å². The largest absolute Gasteiger partial charge is 0.0715 e. The first kappa shape index (κ1) is 28.9. The molecule has 2 aliphatic carbocycles. The van der Waals surface area contributed by atoms with Crippen LogP contribution in [0.2, 0.25) is 0 Å². The maximum atomic E-state index is 4.07. The molecule has 0 nitrogen and oxygen atoms in total. The molecule has 0 N–H and O–H groups in total. The van der Waals surface area contributed by atoms with Crippen LogP contribution in [0.5, 0.6) is 0 Å². The van der Waals surface area contributed by atoms with Crippen molar-refractivity contribution in [2.24, 2.45) is 0 Å². The zero-order valence-corrected chi connectivity index (χ0v) is 28.5. The Hall–Kier alpha value is -5.24. The lowest BCUT2D eigenvalue weighted by Crippen LogP contribution is -2.18. The van der Waals surface area contributed by atoms with Crippen LogP contribution in [0.1, 0.15) is 73.0 Å². The van der Waals surface area contributed by atoms with Crippen LogP contribution in [0.4, 0.5) is 0 Å². The Labute approximate surface area is 286 Å². The maximum Gasteiger partial charge on any atom is 0.0715 e. The molecule has 0 fully saturated rings. The van der Waals surface area contributed by atoms with Gasteiger partial charge in [0, 0.05) is 11.8 Å². The normalized spacial score (nSPS) is 16.6. The fraction of sp³-hybridized carbons (Fsp3) is 0.106. The molecule has 0 spiro atoms. The Morgan fingerprint density at radius 2 is 0.938 bits per heavy atom. The zero-order valence-electron chi connectivity index (χ0n) is 27.5. The van der Waals surface area contributed by atoms with E-state index in [-0.39, 0.29) is 11.8 Å². The summed E-state index contributed by atoms with van der Waals surface area (Å²) in [6.45, 7) is 6.75. The number of hydrogen-bond acceptors (Lipinski definition) is 0. The summed E-state index contributed by atoms with van der Waals surface area (Å²) in [5.74, 6) is 0.177. The first-order chi connectivity index (χ1) is 23.5. The molecule has 227 valence electrons. The summed E-state index contributed by atoms with van der Waals surface area (Å²) >= 11 is 0. The van der Waals surface area contributed by atoms with E-state index in [1.165, 1.54) is 93.9 Å². The van der Waals surface area contributed by atoms with E-state index in [9.17, 15) is 0 Å². The molecular weight excluding hydrogens is 593 g/mol. The van der Waals surface area contributed by atoms with Crippen molar-refractivity contribution in [2.45, 2.75) is 32.6 Å². The average molecular weight is 628 g/mol. The van der Waals surface area contributed by atoms with Crippen molar-refractivity contribution in [3.63, 3.8) is 0 Å². The zero-order chi connectivity index (χ0) is 32.5. The Balaban J connectivity index is 1.33. The van der Waals surface area contributed by atoms with Crippen molar-refractivity contribution in [2.75, 3.05) is 0 Å². The second-order valence-corrected chi connectivity index (χ2v) is 14.2. The van der Waals surface area contributed by atoms with Crippen molar-refractivity contribution < 1.29 is 0 Å². The maximum absolute atomic E-state index is 4.07. The Kier molecular flexibility index (Phi) is 6.74. The molecule has 7 aromatic carbocycles. The molecule has 0 saturated carbocycles. The lowest BCUT2D eigenvalue weighted by atomic mass is 9.74. The predicted octanol–water partition coefficient (Wildman–Crippen LogP) is 11.1. The van der Waals surface area contributed by atoms with E-state index >= 15 is 0 Å². The molecule has 1 heteroatoms. The number of rotatable bonds is 4. The highest BCUT2D eigenvalue weighted by atomic mass is 28.1. The van der Waals surface area contributed by atoms with E-state index in [0.717, 1.165) is 5.19 Å². The van der Waals surface area contributed by atoms with E-state index in [1.54, 1.807) is 0 Å². The van der Waals surface area contributed by atoms with Crippen molar-refractivity contribution in [3.05, 3.63) is 195 Å². The van der Waals surface area contributed by atoms with Crippen LogP contribution in [0.3, 0.4) is 0 Å². The third-order valence-corrected chi connectivity index (χ3v) is 11.2. The molecule has 0 bridgehead atoms. The smallest absolute Gasteiger partial charge is 0.0642 e. The summed E-state index contributed by atoms with van der Waals surface area (Å²) < 4.78 is 0. The standard InChI is InChI=1S/C47H35Si/c1-28-22-31-12-4-8-16-35(31)40(24-28)42-26-33-14-6-10-18-37(33)46(42)39-20-21-44(48)30(3)45(39)47-38-19-11-7-15-34(38)27-43(47)41-25-29(2)23-32-13-5-9-17-36(32)41/h4-27,46-47H,1-3H3. The lowest BCUT2D eigenvalue weighted by Gasteiger charge is -2.29. The second-order valence-electron chi connectivity index (χ2n) is 13.6. The van der Waals surface area contributed by atoms with Gasteiger partial charge in [0.15, 0.2) is 0 Å². The van der Waals surface area contributed by atoms with Crippen LogP contribution in [-0.2, 0) is 0 Å². The molecule has 0 amide bonds. The number of hydrogen-bond donors (Lipinski definition) is 0. The fourth-order valence-electron chi connectivity index (χ4n) is 8.54. The molecular formula is C47H35Si. The van der Waals surface area contributed by atoms with Gasteiger partial charge in [-0.1, -0.05) is 139 Å². The van der Waals surface area contributed by atoms with Gasteiger partial charge in [-0.25, -0.2) is 0 Å². The molecule has 2 atom stereocenters. The molecule has 0 aliphatic heterocycles. The first-order valence-corrected chi connectivity index (χ1v) is 17.4. The molecule has 9 rings (SSSR count). The monoisotopic (exact) mass is 627 g/mol. The molecule has 2 unspecified atom stereocenters. The summed E-state index contributed by atoms with van der Waals surface area (Å²) in [5.41, 5.74) is 17.4. The van der Waals surface area contributed by atoms with E-state index in [0.29, 0.717) is 0 Å². The highest BCUT2D eigenvalue weighted by Gasteiger charge is 2.37. The van der Waals surface area contributed by atoms with Crippen molar-refractivity contribution >= 4 is 60.3 Å². The molecule has 2 aliphatic rings. The van der Waals surface area contributed by atoms with Gasteiger partial charge in [-0.3, -0.25) is 0 Å². The van der Waals surface area contributed by atoms with Crippen LogP contribution in [0, 0.1) is 20.8 Å². The average Bonchev–Trinajstić information content (AvgIpc) is 3.67. The van der Waals surface area contributed by atoms with Gasteiger partial charge in [-0.05, 0) is 127 Å². The fourth-order valence-corrected chi connectivity index (χ4v) is 8.76. The SMILES string of the molecule is Cc1cc(C2=Cc3ccccc3C2c2ccc([Si])c(C)c2C2C(c3cc(C)cc4ccccc34)=Cc3ccccc32)c2ccccc2c1. The van der Waals surface area contributed by atoms with Gasteiger partial charge < -0.3 is 0 Å². The molecule has 0 aromatic heterocycles. The summed E-state index contributed by atoms with van der Waals surface area (Å²) in [6.07, 6.45) is 4.91. The van der Waals surface area contributed by atoms with Gasteiger partial charge in [0.1, 0.15) is 0 Å². The van der Waals surface area contributed by atoms with Crippen molar-refractivity contribution in [1.82, 2.24) is 0 Å². The third kappa shape index (κ3) is 4.49. The minimum Gasteiger partial charge on any atom is -0.0642 e. The highest BCUT2D eigenvalue weighted by molar-refractivity contribution is 6.33. The first-order valence-electron chi connectivity index (χ1n) is 16.9. The van der Waals surface area contributed by atoms with Crippen LogP contribution in [0.15, 0.2) is 133 Å². The molecule has 0 saturated heterocycles. The Bertz CT molecular complexity index is 2510. The summed E-state index contributed by atoms with van der Waals surface area (Å²) in [5, 5.41) is 6.33. The van der Waals surface area contributed by atoms with E-state index < -0.39 is 0 Å². The van der Waals surface area contributed by atoms with Gasteiger partial charge in [0.25, 0.3) is 0 Å². The third-order valence-electron chi connectivity index (χ3n) is 10.6. The highest BCUT2D eigenvalue weighted by Crippen LogP contribution is 2.54. The minimum absolute atomic E-state index is 0.0842. The summed E-state index contributed by atoms with van der Waals surface area (Å²) in [4.78, 5) is 0. The van der Waals surface area contributed by atoms with Crippen LogP contribution in [-0.4, -0.2) is 10.2 Å². The molecule has 48 heavy (non-hydrogen) atoms. The van der Waals surface area contributed by atoms with E-state index in [2.05, 4.69) is 177 Å². The predicted molar refractivity (Wildman–Crippen MR) is 206 cm³/mol. The number of allylic oxidation sites excluding steroid dienone is 2. The number of benzene rings is 7. The topological polar surface area (TPSA) is 0 Å². The molecule has 7 aromatic rings. The van der Waals surface area contributed by atoms with Gasteiger partial charge in [-0.2, -0.15) is 0 Å². The molecule has 3 radical (unpaired) electrons. The minimum atomic E-state index is 0.0842. The quantitative estimate of drug-likeness (QED) is 0.170. The number of fused-ring (bicyclic) bond motifs is 4. The Morgan fingerprint density at radius 1 is 0.458 bits per heavy atom. The van der Waals surface area contributed by atoms with Crippen LogP contribution < -0.4 is 5.19 Å². The summed E-state index contributed by atoms with van der Waals surface area (Å²) in [6, 6.07) is 49.8. The van der Waals surface area contributed by atoms with Gasteiger partial charge in [0.2, 0.25) is 0 Å². The van der Waals surface area contributed by atoms with Crippen LogP contribution in [0.25, 0.3) is 44.8 Å². The lowest BCUT2D eigenvalue weighted by molar-refractivity contribution is 0.963. The van der Waals surface area contributed by atoms with Gasteiger partial charge in [0.05, 0.1) is 10.2 Å². The van der Waals surface area contributed by atoms with E-state index in [4.69, 9.17) is 0 Å². The van der Waals surface area contributed by atoms with Gasteiger partial charge in [-0.15, -0.1) is 0 Å². The summed E-state index contributed by atoms with van der Waals surface area (Å²) in [7, 11) is 4.07. The Morgan fingerprint density at radius 3 is 1.52 bits per heavy atom. The van der Waals surface area contributed by atoms with Crippen molar-refractivity contribution in [1.29, 1.82) is 0 Å². The number of aryl methyl sites for hydroxylation is 2. The molecule has 0 heterocycles. The van der Waals surface area contributed by atoms with Crippen molar-refractivity contribution in [3.8, 4) is 0 Å². The van der Waals surface area contributed by atoms with E-state index in [1.807, 2.05) is 0 Å². The second kappa shape index (κ2) is 11.2.